The summed E-state index contributed by atoms with van der Waals surface area (Å²) in [6.07, 6.45) is 4.23. The van der Waals surface area contributed by atoms with Crippen molar-refractivity contribution in [2.24, 2.45) is 0 Å². The third kappa shape index (κ3) is 6.28. The van der Waals surface area contributed by atoms with Gasteiger partial charge in [0.15, 0.2) is 0 Å². The molecule has 0 atom stereocenters. The van der Waals surface area contributed by atoms with Crippen LogP contribution in [-0.4, -0.2) is 48.4 Å². The van der Waals surface area contributed by atoms with Crippen molar-refractivity contribution in [2.75, 3.05) is 25.5 Å². The van der Waals surface area contributed by atoms with Gasteiger partial charge in [0.25, 0.3) is 0 Å². The molecule has 0 aliphatic rings. The van der Waals surface area contributed by atoms with Gasteiger partial charge in [0.05, 0.1) is 17.7 Å². The molecule has 188 valence electrons. The van der Waals surface area contributed by atoms with Crippen molar-refractivity contribution in [2.45, 2.75) is 24.8 Å². The molecular weight excluding hydrogens is 544 g/mol. The fraction of sp³-hybridized carbons (Fsp3) is 0.240. The topological polar surface area (TPSA) is 111 Å². The zero-order valence-corrected chi connectivity index (χ0v) is 22.4. The molecular formula is C25H27BrN6O3S. The van der Waals surface area contributed by atoms with Crippen LogP contribution in [0.3, 0.4) is 0 Å². The zero-order chi connectivity index (χ0) is 25.5. The van der Waals surface area contributed by atoms with Crippen molar-refractivity contribution >= 4 is 31.9 Å². The van der Waals surface area contributed by atoms with Crippen molar-refractivity contribution in [1.29, 1.82) is 0 Å². The maximum Gasteiger partial charge on any atom is 0.240 e. The molecule has 2 aromatic heterocycles. The number of nitrogens with one attached hydrogen (secondary N) is 2. The molecule has 0 unspecified atom stereocenters. The van der Waals surface area contributed by atoms with Crippen LogP contribution in [0.4, 0.5) is 5.95 Å². The van der Waals surface area contributed by atoms with E-state index < -0.39 is 10.0 Å². The van der Waals surface area contributed by atoms with E-state index in [4.69, 9.17) is 9.84 Å². The number of nitrogens with zero attached hydrogens (tertiary/aromatic N) is 4. The van der Waals surface area contributed by atoms with E-state index in [0.29, 0.717) is 18.9 Å². The summed E-state index contributed by atoms with van der Waals surface area (Å²) < 4.78 is 35.5. The lowest BCUT2D eigenvalue weighted by molar-refractivity contribution is 0.415. The van der Waals surface area contributed by atoms with Crippen LogP contribution in [0.1, 0.15) is 13.3 Å². The molecule has 0 radical (unpaired) electrons. The van der Waals surface area contributed by atoms with Gasteiger partial charge in [-0.15, -0.1) is 0 Å². The van der Waals surface area contributed by atoms with E-state index >= 15 is 0 Å². The van der Waals surface area contributed by atoms with Crippen LogP contribution in [-0.2, 0) is 16.6 Å². The summed E-state index contributed by atoms with van der Waals surface area (Å²) >= 11 is 3.31. The van der Waals surface area contributed by atoms with Gasteiger partial charge in [0.2, 0.25) is 16.0 Å². The Bertz CT molecular complexity index is 1420. The molecule has 0 saturated heterocycles. The minimum atomic E-state index is -3.55. The Morgan fingerprint density at radius 3 is 2.64 bits per heavy atom. The minimum absolute atomic E-state index is 0.231. The van der Waals surface area contributed by atoms with Gasteiger partial charge >= 0.3 is 0 Å². The van der Waals surface area contributed by atoms with E-state index in [1.165, 1.54) is 0 Å². The SMILES string of the molecule is CCn1cc(-c2ccnc(NCCCNS(=O)(=O)c3ccc(Br)cc3)n2)c(-c2cccc(OC)c2)n1. The van der Waals surface area contributed by atoms with E-state index in [2.05, 4.69) is 35.9 Å². The predicted molar refractivity (Wildman–Crippen MR) is 143 cm³/mol. The third-order valence-electron chi connectivity index (χ3n) is 5.41. The van der Waals surface area contributed by atoms with Crippen molar-refractivity contribution in [1.82, 2.24) is 24.5 Å². The number of anilines is 1. The molecule has 4 rings (SSSR count). The van der Waals surface area contributed by atoms with Gasteiger partial charge in [-0.3, -0.25) is 4.68 Å². The molecule has 0 amide bonds. The highest BCUT2D eigenvalue weighted by molar-refractivity contribution is 9.10. The second kappa shape index (κ2) is 11.6. The van der Waals surface area contributed by atoms with Crippen LogP contribution in [0, 0.1) is 0 Å². The molecule has 4 aromatic rings. The largest absolute Gasteiger partial charge is 0.497 e. The summed E-state index contributed by atoms with van der Waals surface area (Å²) in [7, 11) is -1.91. The summed E-state index contributed by atoms with van der Waals surface area (Å²) in [6.45, 7) is 3.55. The number of aromatic nitrogens is 4. The molecule has 36 heavy (non-hydrogen) atoms. The van der Waals surface area contributed by atoms with Crippen molar-refractivity contribution < 1.29 is 13.2 Å². The Hall–Kier alpha value is -3.28. The second-order valence-corrected chi connectivity index (χ2v) is 10.6. The average molecular weight is 572 g/mol. The number of rotatable bonds is 11. The van der Waals surface area contributed by atoms with Crippen LogP contribution in [0.2, 0.25) is 0 Å². The van der Waals surface area contributed by atoms with Crippen LogP contribution in [0.25, 0.3) is 22.5 Å². The number of sulfonamides is 1. The minimum Gasteiger partial charge on any atom is -0.497 e. The first-order valence-corrected chi connectivity index (χ1v) is 13.7. The second-order valence-electron chi connectivity index (χ2n) is 7.88. The smallest absolute Gasteiger partial charge is 0.240 e. The summed E-state index contributed by atoms with van der Waals surface area (Å²) in [5, 5.41) is 7.91. The van der Waals surface area contributed by atoms with Crippen molar-refractivity contribution in [3.05, 3.63) is 71.5 Å². The molecule has 0 fully saturated rings. The van der Waals surface area contributed by atoms with E-state index in [9.17, 15) is 8.42 Å². The highest BCUT2D eigenvalue weighted by Crippen LogP contribution is 2.32. The Morgan fingerprint density at radius 2 is 1.89 bits per heavy atom. The van der Waals surface area contributed by atoms with Gasteiger partial charge in [-0.25, -0.2) is 23.1 Å². The molecule has 0 bridgehead atoms. The Morgan fingerprint density at radius 1 is 1.08 bits per heavy atom. The van der Waals surface area contributed by atoms with E-state index in [1.54, 1.807) is 37.6 Å². The molecule has 2 aromatic carbocycles. The maximum atomic E-state index is 12.4. The van der Waals surface area contributed by atoms with Gasteiger partial charge < -0.3 is 10.1 Å². The normalized spacial score (nSPS) is 11.4. The highest BCUT2D eigenvalue weighted by Gasteiger charge is 2.16. The van der Waals surface area contributed by atoms with E-state index in [1.807, 2.05) is 48.1 Å². The number of aryl methyl sites for hydroxylation is 1. The Balaban J connectivity index is 1.41. The number of ether oxygens (including phenoxy) is 1. The quantitative estimate of drug-likeness (QED) is 0.254. The van der Waals surface area contributed by atoms with Crippen LogP contribution < -0.4 is 14.8 Å². The van der Waals surface area contributed by atoms with Crippen LogP contribution in [0.15, 0.2) is 76.4 Å². The van der Waals surface area contributed by atoms with Crippen molar-refractivity contribution in [3.8, 4) is 28.3 Å². The zero-order valence-electron chi connectivity index (χ0n) is 20.0. The van der Waals surface area contributed by atoms with Gasteiger partial charge in [-0.05, 0) is 55.8 Å². The first-order chi connectivity index (χ1) is 17.4. The summed E-state index contributed by atoms with van der Waals surface area (Å²) in [5.74, 6) is 1.22. The monoisotopic (exact) mass is 570 g/mol. The molecule has 11 heteroatoms. The average Bonchev–Trinajstić information content (AvgIpc) is 3.34. The first-order valence-electron chi connectivity index (χ1n) is 11.4. The summed E-state index contributed by atoms with van der Waals surface area (Å²) in [6, 6.07) is 16.1. The van der Waals surface area contributed by atoms with Gasteiger partial charge in [0, 0.05) is 47.6 Å². The maximum absolute atomic E-state index is 12.4. The Kier molecular flexibility index (Phi) is 8.34. The predicted octanol–water partition coefficient (Wildman–Crippen LogP) is 4.58. The molecule has 2 N–H and O–H groups in total. The van der Waals surface area contributed by atoms with Gasteiger partial charge in [-0.1, -0.05) is 28.1 Å². The lowest BCUT2D eigenvalue weighted by Crippen LogP contribution is -2.26. The third-order valence-corrected chi connectivity index (χ3v) is 7.42. The standard InChI is InChI=1S/C25H27BrN6O3S/c1-3-32-17-22(24(31-32)18-6-4-7-20(16-18)35-2)23-12-15-28-25(30-23)27-13-5-14-29-36(33,34)21-10-8-19(26)9-11-21/h4,6-12,15-17,29H,3,5,13-14H2,1-2H3,(H,27,28,30). The van der Waals surface area contributed by atoms with E-state index in [0.717, 1.165) is 39.3 Å². The van der Waals surface area contributed by atoms with Gasteiger partial charge in [0.1, 0.15) is 11.4 Å². The lowest BCUT2D eigenvalue weighted by Gasteiger charge is -2.09. The molecule has 0 spiro atoms. The fourth-order valence-electron chi connectivity index (χ4n) is 3.54. The molecule has 2 heterocycles. The van der Waals surface area contributed by atoms with Crippen LogP contribution >= 0.6 is 15.9 Å². The van der Waals surface area contributed by atoms with Crippen molar-refractivity contribution in [3.63, 3.8) is 0 Å². The number of hydrogen-bond acceptors (Lipinski definition) is 7. The summed E-state index contributed by atoms with van der Waals surface area (Å²) in [4.78, 5) is 9.21. The molecule has 0 aliphatic heterocycles. The number of hydrogen-bond donors (Lipinski definition) is 2. The number of methoxy groups -OCH3 is 1. The fourth-order valence-corrected chi connectivity index (χ4v) is 4.88. The van der Waals surface area contributed by atoms with Crippen LogP contribution in [0.5, 0.6) is 5.75 Å². The van der Waals surface area contributed by atoms with E-state index in [-0.39, 0.29) is 11.4 Å². The highest BCUT2D eigenvalue weighted by atomic mass is 79.9. The molecule has 9 nitrogen and oxygen atoms in total. The van der Waals surface area contributed by atoms with Gasteiger partial charge in [-0.2, -0.15) is 5.10 Å². The molecule has 0 aliphatic carbocycles. The number of benzene rings is 2. The Labute approximate surface area is 219 Å². The first kappa shape index (κ1) is 25.8. The lowest BCUT2D eigenvalue weighted by atomic mass is 10.1. The number of halogens is 1. The summed E-state index contributed by atoms with van der Waals surface area (Å²) in [5.41, 5.74) is 3.37. The molecule has 0 saturated carbocycles.